The molecule has 0 bridgehead atoms. The number of fused-ring (bicyclic) bond motifs is 1. The molecule has 1 aliphatic heterocycles. The maximum Gasteiger partial charge on any atom is 0.227 e. The summed E-state index contributed by atoms with van der Waals surface area (Å²) in [6, 6.07) is 8.32. The average Bonchev–Trinajstić information content (AvgIpc) is 3.10. The van der Waals surface area contributed by atoms with Gasteiger partial charge in [0.05, 0.1) is 36.4 Å². The van der Waals surface area contributed by atoms with Crippen molar-refractivity contribution in [1.82, 2.24) is 14.7 Å². The zero-order valence-electron chi connectivity index (χ0n) is 14.6. The number of carbonyl (C=O) groups is 1. The molecule has 0 atom stereocenters. The zero-order chi connectivity index (χ0) is 19.8. The average molecular weight is 406 g/mol. The van der Waals surface area contributed by atoms with Crippen LogP contribution in [0.4, 0.5) is 13.2 Å². The molecular weight excluding hydrogens is 391 g/mol. The molecule has 28 heavy (non-hydrogen) atoms. The summed E-state index contributed by atoms with van der Waals surface area (Å²) in [4.78, 5) is 14.3. The van der Waals surface area contributed by atoms with Crippen LogP contribution in [-0.2, 0) is 24.3 Å². The van der Waals surface area contributed by atoms with E-state index in [2.05, 4.69) is 5.10 Å². The fourth-order valence-corrected chi connectivity index (χ4v) is 3.56. The van der Waals surface area contributed by atoms with Gasteiger partial charge in [0.15, 0.2) is 11.6 Å². The SMILES string of the molecule is O=C(Cc1cc(F)c(F)c(Cl)c1)N1CCn2ncc(-c3ccc(F)cc3)c2C1. The fraction of sp³-hybridized carbons (Fsp3) is 0.200. The normalized spacial score (nSPS) is 13.5. The van der Waals surface area contributed by atoms with E-state index in [1.807, 2.05) is 4.68 Å². The molecule has 4 rings (SSSR count). The molecule has 0 spiro atoms. The van der Waals surface area contributed by atoms with E-state index in [4.69, 9.17) is 11.6 Å². The molecule has 2 heterocycles. The molecule has 0 saturated carbocycles. The number of aromatic nitrogens is 2. The summed E-state index contributed by atoms with van der Waals surface area (Å²) in [7, 11) is 0. The number of hydrogen-bond acceptors (Lipinski definition) is 2. The van der Waals surface area contributed by atoms with Crippen LogP contribution in [0.15, 0.2) is 42.6 Å². The third-order valence-corrected chi connectivity index (χ3v) is 5.05. The van der Waals surface area contributed by atoms with E-state index >= 15 is 0 Å². The highest BCUT2D eigenvalue weighted by molar-refractivity contribution is 6.30. The van der Waals surface area contributed by atoms with Gasteiger partial charge in [-0.25, -0.2) is 13.2 Å². The summed E-state index contributed by atoms with van der Waals surface area (Å²) in [6.07, 6.45) is 1.61. The standard InChI is InChI=1S/C20H15ClF3N3O/c21-16-7-12(8-17(23)20(16)24)9-19(28)26-5-6-27-18(11-26)15(10-25-27)13-1-3-14(22)4-2-13/h1-4,7-8,10H,5-6,9,11H2. The summed E-state index contributed by atoms with van der Waals surface area (Å²) in [5.41, 5.74) is 2.79. The van der Waals surface area contributed by atoms with Crippen LogP contribution in [0, 0.1) is 17.5 Å². The van der Waals surface area contributed by atoms with E-state index in [9.17, 15) is 18.0 Å². The van der Waals surface area contributed by atoms with Crippen molar-refractivity contribution in [2.45, 2.75) is 19.5 Å². The molecule has 2 aromatic carbocycles. The molecule has 3 aromatic rings. The van der Waals surface area contributed by atoms with Gasteiger partial charge in [0.25, 0.3) is 0 Å². The number of hydrogen-bond donors (Lipinski definition) is 0. The molecule has 1 aliphatic rings. The van der Waals surface area contributed by atoms with Gasteiger partial charge in [-0.05, 0) is 35.4 Å². The third kappa shape index (κ3) is 3.49. The van der Waals surface area contributed by atoms with Crippen molar-refractivity contribution in [3.05, 3.63) is 76.3 Å². The van der Waals surface area contributed by atoms with Gasteiger partial charge < -0.3 is 4.90 Å². The second-order valence-corrected chi connectivity index (χ2v) is 7.01. The van der Waals surface area contributed by atoms with Crippen LogP contribution in [0.5, 0.6) is 0 Å². The predicted molar refractivity (Wildman–Crippen MR) is 98.1 cm³/mol. The Kier molecular flexibility index (Phi) is 4.85. The van der Waals surface area contributed by atoms with Crippen LogP contribution < -0.4 is 0 Å². The summed E-state index contributed by atoms with van der Waals surface area (Å²) in [6.45, 7) is 1.29. The zero-order valence-corrected chi connectivity index (χ0v) is 15.4. The number of rotatable bonds is 3. The smallest absolute Gasteiger partial charge is 0.227 e. The number of amides is 1. The topological polar surface area (TPSA) is 38.1 Å². The van der Waals surface area contributed by atoms with Crippen LogP contribution >= 0.6 is 11.6 Å². The lowest BCUT2D eigenvalue weighted by molar-refractivity contribution is -0.131. The van der Waals surface area contributed by atoms with Crippen LogP contribution in [0.25, 0.3) is 11.1 Å². The van der Waals surface area contributed by atoms with Crippen molar-refractivity contribution < 1.29 is 18.0 Å². The summed E-state index contributed by atoms with van der Waals surface area (Å²) >= 11 is 5.66. The minimum atomic E-state index is -1.12. The monoisotopic (exact) mass is 405 g/mol. The molecule has 144 valence electrons. The maximum absolute atomic E-state index is 13.5. The van der Waals surface area contributed by atoms with Crippen molar-refractivity contribution in [2.75, 3.05) is 6.54 Å². The molecule has 0 radical (unpaired) electrons. The van der Waals surface area contributed by atoms with Crippen LogP contribution in [0.2, 0.25) is 5.02 Å². The Balaban J connectivity index is 1.54. The Morgan fingerprint density at radius 1 is 1.11 bits per heavy atom. The molecular formula is C20H15ClF3N3O. The Labute approximate surface area is 164 Å². The van der Waals surface area contributed by atoms with Gasteiger partial charge in [-0.15, -0.1) is 0 Å². The molecule has 0 fully saturated rings. The Morgan fingerprint density at radius 3 is 2.57 bits per heavy atom. The van der Waals surface area contributed by atoms with Crippen LogP contribution in [0.3, 0.4) is 0 Å². The van der Waals surface area contributed by atoms with Crippen molar-refractivity contribution in [3.8, 4) is 11.1 Å². The lowest BCUT2D eigenvalue weighted by Gasteiger charge is -2.28. The highest BCUT2D eigenvalue weighted by Gasteiger charge is 2.25. The molecule has 0 saturated heterocycles. The number of carbonyl (C=O) groups excluding carboxylic acids is 1. The highest BCUT2D eigenvalue weighted by atomic mass is 35.5. The molecule has 0 unspecified atom stereocenters. The molecule has 1 aromatic heterocycles. The van der Waals surface area contributed by atoms with Gasteiger partial charge in [-0.1, -0.05) is 23.7 Å². The lowest BCUT2D eigenvalue weighted by Crippen LogP contribution is -2.39. The largest absolute Gasteiger partial charge is 0.335 e. The summed E-state index contributed by atoms with van der Waals surface area (Å²) in [5, 5.41) is 3.99. The fourth-order valence-electron chi connectivity index (χ4n) is 3.33. The first-order valence-electron chi connectivity index (χ1n) is 8.64. The van der Waals surface area contributed by atoms with E-state index in [0.717, 1.165) is 22.9 Å². The van der Waals surface area contributed by atoms with Crippen molar-refractivity contribution >= 4 is 17.5 Å². The summed E-state index contributed by atoms with van der Waals surface area (Å²) < 4.78 is 41.9. The first-order chi connectivity index (χ1) is 13.4. The van der Waals surface area contributed by atoms with Gasteiger partial charge in [-0.3, -0.25) is 9.48 Å². The van der Waals surface area contributed by atoms with Gasteiger partial charge >= 0.3 is 0 Å². The Hall–Kier alpha value is -2.80. The van der Waals surface area contributed by atoms with Crippen molar-refractivity contribution in [1.29, 1.82) is 0 Å². The maximum atomic E-state index is 13.5. The third-order valence-electron chi connectivity index (χ3n) is 4.78. The lowest BCUT2D eigenvalue weighted by atomic mass is 10.0. The first kappa shape index (κ1) is 18.6. The second-order valence-electron chi connectivity index (χ2n) is 6.60. The van der Waals surface area contributed by atoms with Crippen molar-refractivity contribution in [3.63, 3.8) is 0 Å². The molecule has 8 heteroatoms. The first-order valence-corrected chi connectivity index (χ1v) is 9.02. The van der Waals surface area contributed by atoms with Gasteiger partial charge in [0.1, 0.15) is 5.82 Å². The minimum Gasteiger partial charge on any atom is -0.335 e. The molecule has 1 amide bonds. The number of benzene rings is 2. The van der Waals surface area contributed by atoms with E-state index in [-0.39, 0.29) is 23.2 Å². The Morgan fingerprint density at radius 2 is 1.86 bits per heavy atom. The molecule has 0 aliphatic carbocycles. The molecule has 0 N–H and O–H groups in total. The Bertz CT molecular complexity index is 1030. The van der Waals surface area contributed by atoms with Crippen LogP contribution in [-0.4, -0.2) is 27.1 Å². The number of nitrogens with zero attached hydrogens (tertiary/aromatic N) is 3. The highest BCUT2D eigenvalue weighted by Crippen LogP contribution is 2.27. The summed E-state index contributed by atoms with van der Waals surface area (Å²) in [5.74, 6) is -2.75. The van der Waals surface area contributed by atoms with E-state index in [1.165, 1.54) is 18.2 Å². The minimum absolute atomic E-state index is 0.0864. The van der Waals surface area contributed by atoms with Crippen LogP contribution in [0.1, 0.15) is 11.3 Å². The second kappa shape index (κ2) is 7.31. The van der Waals surface area contributed by atoms with E-state index in [0.29, 0.717) is 25.2 Å². The van der Waals surface area contributed by atoms with E-state index < -0.39 is 11.6 Å². The van der Waals surface area contributed by atoms with Gasteiger partial charge in [0, 0.05) is 12.1 Å². The predicted octanol–water partition coefficient (Wildman–Crippen LogP) is 4.21. The number of halogens is 4. The van der Waals surface area contributed by atoms with Gasteiger partial charge in [-0.2, -0.15) is 5.10 Å². The molecule has 4 nitrogen and oxygen atoms in total. The van der Waals surface area contributed by atoms with E-state index in [1.54, 1.807) is 23.2 Å². The van der Waals surface area contributed by atoms with Gasteiger partial charge in [0.2, 0.25) is 5.91 Å². The van der Waals surface area contributed by atoms with Crippen molar-refractivity contribution in [2.24, 2.45) is 0 Å². The quantitative estimate of drug-likeness (QED) is 0.612.